The minimum Gasteiger partial charge on any atom is -0.492 e. The molecule has 0 aromatic heterocycles. The van der Waals surface area contributed by atoms with Crippen LogP contribution in [0.5, 0.6) is 5.75 Å². The van der Waals surface area contributed by atoms with Crippen LogP contribution in [0.25, 0.3) is 0 Å². The van der Waals surface area contributed by atoms with Crippen molar-refractivity contribution in [3.05, 3.63) is 53.1 Å². The predicted octanol–water partition coefficient (Wildman–Crippen LogP) is 3.17. The van der Waals surface area contributed by atoms with Crippen molar-refractivity contribution in [3.8, 4) is 5.75 Å². The molecular weight excluding hydrogens is 526 g/mol. The molecule has 1 aliphatic heterocycles. The first-order chi connectivity index (χ1) is 17.0. The number of sulfonamides is 2. The Kier molecular flexibility index (Phi) is 9.62. The Hall–Kier alpha value is -2.34. The minimum absolute atomic E-state index is 0.148. The van der Waals surface area contributed by atoms with E-state index in [4.69, 9.17) is 16.3 Å². The molecule has 9 nitrogen and oxygen atoms in total. The number of hydrogen-bond acceptors (Lipinski definition) is 6. The van der Waals surface area contributed by atoms with Gasteiger partial charge in [0.25, 0.3) is 0 Å². The zero-order valence-corrected chi connectivity index (χ0v) is 22.8. The van der Waals surface area contributed by atoms with Crippen molar-refractivity contribution in [2.24, 2.45) is 0 Å². The lowest BCUT2D eigenvalue weighted by Crippen LogP contribution is -2.33. The highest BCUT2D eigenvalue weighted by Crippen LogP contribution is 2.28. The van der Waals surface area contributed by atoms with Gasteiger partial charge in [0.15, 0.2) is 0 Å². The number of halogens is 1. The second-order valence-electron chi connectivity index (χ2n) is 8.60. The predicted molar refractivity (Wildman–Crippen MR) is 141 cm³/mol. The monoisotopic (exact) mass is 557 g/mol. The van der Waals surface area contributed by atoms with Crippen LogP contribution < -0.4 is 14.4 Å². The Morgan fingerprint density at radius 1 is 1.08 bits per heavy atom. The van der Waals surface area contributed by atoms with Gasteiger partial charge in [-0.1, -0.05) is 17.7 Å². The lowest BCUT2D eigenvalue weighted by atomic mass is 10.2. The molecular formula is C24H32ClN3O6S2. The summed E-state index contributed by atoms with van der Waals surface area (Å²) >= 11 is 6.14. The molecule has 0 spiro atoms. The molecule has 0 bridgehead atoms. The number of amides is 1. The summed E-state index contributed by atoms with van der Waals surface area (Å²) in [5, 5.41) is 3.22. The zero-order chi connectivity index (χ0) is 26.3. The number of anilines is 1. The molecule has 0 unspecified atom stereocenters. The van der Waals surface area contributed by atoms with Crippen LogP contribution in [-0.2, 0) is 24.8 Å². The summed E-state index contributed by atoms with van der Waals surface area (Å²) in [5.41, 5.74) is 1.16. The molecule has 0 aliphatic carbocycles. The minimum atomic E-state index is -3.54. The molecule has 2 aromatic carbocycles. The number of rotatable bonds is 12. The largest absolute Gasteiger partial charge is 0.492 e. The summed E-state index contributed by atoms with van der Waals surface area (Å²) in [4.78, 5) is 12.4. The molecule has 1 aliphatic rings. The third-order valence-corrected chi connectivity index (χ3v) is 9.39. The Balaban J connectivity index is 1.42. The topological polar surface area (TPSA) is 113 Å². The van der Waals surface area contributed by atoms with Gasteiger partial charge in [-0.05, 0) is 68.1 Å². The molecule has 2 aromatic rings. The molecule has 12 heteroatoms. The van der Waals surface area contributed by atoms with E-state index in [9.17, 15) is 21.6 Å². The molecule has 0 saturated carbocycles. The summed E-state index contributed by atoms with van der Waals surface area (Å²) in [6.07, 6.45) is 3.36. The van der Waals surface area contributed by atoms with Gasteiger partial charge in [-0.15, -0.1) is 0 Å². The van der Waals surface area contributed by atoms with Crippen LogP contribution in [0, 0.1) is 6.92 Å². The fraction of sp³-hybridized carbons (Fsp3) is 0.458. The van der Waals surface area contributed by atoms with Gasteiger partial charge in [0.05, 0.1) is 23.4 Å². The van der Waals surface area contributed by atoms with E-state index in [2.05, 4.69) is 5.32 Å². The van der Waals surface area contributed by atoms with Crippen LogP contribution in [0.2, 0.25) is 5.02 Å². The standard InChI is InChI=1S/C24H32ClN3O6S2/c1-19-22(25)7-5-8-23(19)28(35(2,30)31)17-6-9-24(29)26-14-18-34-20-10-12-21(13-11-20)36(32,33)27-15-3-4-16-27/h5,7-8,10-13H,3-4,6,9,14-18H2,1-2H3,(H,26,29). The van der Waals surface area contributed by atoms with Crippen LogP contribution in [0.1, 0.15) is 31.2 Å². The highest BCUT2D eigenvalue weighted by Gasteiger charge is 2.27. The number of nitrogens with one attached hydrogen (secondary N) is 1. The average Bonchev–Trinajstić information content (AvgIpc) is 3.37. The molecule has 1 saturated heterocycles. The summed E-state index contributed by atoms with van der Waals surface area (Å²) in [7, 11) is -7.01. The average molecular weight is 558 g/mol. The lowest BCUT2D eigenvalue weighted by molar-refractivity contribution is -0.121. The molecule has 1 N–H and O–H groups in total. The number of nitrogens with zero attached hydrogens (tertiary/aromatic N) is 2. The molecule has 1 fully saturated rings. The second-order valence-corrected chi connectivity index (χ2v) is 12.9. The van der Waals surface area contributed by atoms with Crippen molar-refractivity contribution in [3.63, 3.8) is 0 Å². The number of benzene rings is 2. The molecule has 1 heterocycles. The van der Waals surface area contributed by atoms with Crippen molar-refractivity contribution < 1.29 is 26.4 Å². The fourth-order valence-electron chi connectivity index (χ4n) is 3.95. The molecule has 3 rings (SSSR count). The van der Waals surface area contributed by atoms with Crippen LogP contribution in [0.3, 0.4) is 0 Å². The third-order valence-electron chi connectivity index (χ3n) is 5.89. The zero-order valence-electron chi connectivity index (χ0n) is 20.4. The van der Waals surface area contributed by atoms with Crippen molar-refractivity contribution in [2.75, 3.05) is 43.3 Å². The molecule has 1 amide bonds. The van der Waals surface area contributed by atoms with Gasteiger partial charge in [0, 0.05) is 31.1 Å². The van der Waals surface area contributed by atoms with E-state index in [-0.39, 0.29) is 36.9 Å². The Bertz CT molecular complexity index is 1260. The van der Waals surface area contributed by atoms with Crippen molar-refractivity contribution in [1.29, 1.82) is 0 Å². The van der Waals surface area contributed by atoms with Gasteiger partial charge in [0.1, 0.15) is 12.4 Å². The Morgan fingerprint density at radius 3 is 2.39 bits per heavy atom. The quantitative estimate of drug-likeness (QED) is 0.401. The van der Waals surface area contributed by atoms with Gasteiger partial charge in [-0.2, -0.15) is 4.31 Å². The first kappa shape index (κ1) is 28.2. The van der Waals surface area contributed by atoms with Crippen LogP contribution in [0.15, 0.2) is 47.4 Å². The van der Waals surface area contributed by atoms with Crippen LogP contribution in [0.4, 0.5) is 5.69 Å². The number of carbonyl (C=O) groups is 1. The van der Waals surface area contributed by atoms with E-state index >= 15 is 0 Å². The normalized spacial score (nSPS) is 14.5. The van der Waals surface area contributed by atoms with Crippen molar-refractivity contribution in [2.45, 2.75) is 37.5 Å². The van der Waals surface area contributed by atoms with E-state index in [1.165, 1.54) is 20.7 Å². The molecule has 36 heavy (non-hydrogen) atoms. The molecule has 0 atom stereocenters. The van der Waals surface area contributed by atoms with Gasteiger partial charge >= 0.3 is 0 Å². The Labute approximate surface area is 218 Å². The van der Waals surface area contributed by atoms with E-state index in [1.807, 2.05) is 0 Å². The summed E-state index contributed by atoms with van der Waals surface area (Å²) in [6.45, 7) is 3.47. The van der Waals surface area contributed by atoms with Crippen LogP contribution >= 0.6 is 11.6 Å². The summed E-state index contributed by atoms with van der Waals surface area (Å²) in [5.74, 6) is 0.284. The highest BCUT2D eigenvalue weighted by atomic mass is 35.5. The van der Waals surface area contributed by atoms with Crippen molar-refractivity contribution in [1.82, 2.24) is 9.62 Å². The first-order valence-electron chi connectivity index (χ1n) is 11.7. The molecule has 0 radical (unpaired) electrons. The van der Waals surface area contributed by atoms with E-state index in [1.54, 1.807) is 37.3 Å². The summed E-state index contributed by atoms with van der Waals surface area (Å²) < 4.78 is 58.1. The smallest absolute Gasteiger partial charge is 0.243 e. The molecule has 198 valence electrons. The number of ether oxygens (including phenoxy) is 1. The first-order valence-corrected chi connectivity index (χ1v) is 15.4. The SMILES string of the molecule is Cc1c(Cl)cccc1N(CCCC(=O)NCCOc1ccc(S(=O)(=O)N2CCCC2)cc1)S(C)(=O)=O. The van der Waals surface area contributed by atoms with Gasteiger partial charge in [0.2, 0.25) is 26.0 Å². The van der Waals surface area contributed by atoms with Crippen molar-refractivity contribution >= 4 is 43.2 Å². The second kappa shape index (κ2) is 12.3. The highest BCUT2D eigenvalue weighted by molar-refractivity contribution is 7.92. The maximum atomic E-state index is 12.6. The fourth-order valence-corrected chi connectivity index (χ4v) is 6.65. The number of hydrogen-bond donors (Lipinski definition) is 1. The maximum absolute atomic E-state index is 12.6. The summed E-state index contributed by atoms with van der Waals surface area (Å²) in [6, 6.07) is 11.3. The number of carbonyl (C=O) groups excluding carboxylic acids is 1. The van der Waals surface area contributed by atoms with Gasteiger partial charge in [-0.25, -0.2) is 16.8 Å². The van der Waals surface area contributed by atoms with Crippen LogP contribution in [-0.4, -0.2) is 66.1 Å². The van der Waals surface area contributed by atoms with E-state index < -0.39 is 20.0 Å². The van der Waals surface area contributed by atoms with Gasteiger partial charge < -0.3 is 10.1 Å². The maximum Gasteiger partial charge on any atom is 0.243 e. The lowest BCUT2D eigenvalue weighted by Gasteiger charge is -2.24. The van der Waals surface area contributed by atoms with Gasteiger partial charge in [-0.3, -0.25) is 9.10 Å². The van der Waals surface area contributed by atoms with E-state index in [0.717, 1.165) is 19.1 Å². The third kappa shape index (κ3) is 7.34. The Morgan fingerprint density at radius 2 is 1.75 bits per heavy atom. The van der Waals surface area contributed by atoms with E-state index in [0.29, 0.717) is 41.5 Å².